The Kier molecular flexibility index (Phi) is 6.08. The Labute approximate surface area is 100 Å². The van der Waals surface area contributed by atoms with Gasteiger partial charge in [0.25, 0.3) is 0 Å². The van der Waals surface area contributed by atoms with Crippen molar-refractivity contribution in [3.05, 3.63) is 35.4 Å². The van der Waals surface area contributed by atoms with E-state index >= 15 is 0 Å². The van der Waals surface area contributed by atoms with Crippen molar-refractivity contribution >= 4 is 0 Å². The van der Waals surface area contributed by atoms with E-state index in [4.69, 9.17) is 4.74 Å². The first-order valence-corrected chi connectivity index (χ1v) is 5.83. The Hall–Kier alpha value is -1.00. The van der Waals surface area contributed by atoms with E-state index in [1.807, 2.05) is 6.92 Å². The molecule has 96 valence electrons. The molecule has 1 aromatic carbocycles. The fourth-order valence-electron chi connectivity index (χ4n) is 1.61. The Morgan fingerprint density at radius 2 is 2.06 bits per heavy atom. The van der Waals surface area contributed by atoms with Gasteiger partial charge in [-0.2, -0.15) is 0 Å². The van der Waals surface area contributed by atoms with Crippen molar-refractivity contribution in [3.8, 4) is 0 Å². The highest BCUT2D eigenvalue weighted by Gasteiger charge is 2.08. The lowest BCUT2D eigenvalue weighted by Crippen LogP contribution is -2.12. The summed E-state index contributed by atoms with van der Waals surface area (Å²) in [5, 5.41) is 9.69. The Morgan fingerprint density at radius 1 is 1.29 bits per heavy atom. The number of ether oxygens (including phenoxy) is 1. The van der Waals surface area contributed by atoms with Gasteiger partial charge in [0.2, 0.25) is 0 Å². The van der Waals surface area contributed by atoms with Crippen LogP contribution in [0.15, 0.2) is 18.2 Å². The molecule has 0 bridgehead atoms. The molecule has 0 amide bonds. The van der Waals surface area contributed by atoms with Crippen LogP contribution in [0.4, 0.5) is 8.78 Å². The van der Waals surface area contributed by atoms with Gasteiger partial charge in [-0.1, -0.05) is 6.07 Å². The van der Waals surface area contributed by atoms with Crippen molar-refractivity contribution in [3.63, 3.8) is 0 Å². The molecule has 0 aliphatic rings. The van der Waals surface area contributed by atoms with Crippen molar-refractivity contribution in [2.24, 2.45) is 0 Å². The summed E-state index contributed by atoms with van der Waals surface area (Å²) in [7, 11) is 0. The van der Waals surface area contributed by atoms with Crippen molar-refractivity contribution in [1.29, 1.82) is 0 Å². The van der Waals surface area contributed by atoms with Crippen molar-refractivity contribution in [2.75, 3.05) is 13.2 Å². The third-order valence-electron chi connectivity index (χ3n) is 2.49. The number of halogens is 2. The number of aliphatic hydroxyl groups is 1. The van der Waals surface area contributed by atoms with Crippen LogP contribution in [0.5, 0.6) is 0 Å². The molecule has 0 aliphatic heterocycles. The van der Waals surface area contributed by atoms with Gasteiger partial charge in [-0.25, -0.2) is 8.78 Å². The van der Waals surface area contributed by atoms with Crippen LogP contribution in [0.1, 0.15) is 25.3 Å². The quantitative estimate of drug-likeness (QED) is 0.747. The molecule has 1 rings (SSSR count). The van der Waals surface area contributed by atoms with Gasteiger partial charge in [-0.3, -0.25) is 0 Å². The monoisotopic (exact) mass is 244 g/mol. The van der Waals surface area contributed by atoms with Gasteiger partial charge in [0.15, 0.2) is 11.6 Å². The second kappa shape index (κ2) is 7.35. The molecule has 4 heteroatoms. The highest BCUT2D eigenvalue weighted by atomic mass is 19.2. The van der Waals surface area contributed by atoms with Crippen LogP contribution in [0, 0.1) is 11.6 Å². The van der Waals surface area contributed by atoms with E-state index in [-0.39, 0.29) is 0 Å². The predicted octanol–water partition coefficient (Wildman–Crippen LogP) is 2.68. The number of aliphatic hydroxyl groups excluding tert-OH is 1. The van der Waals surface area contributed by atoms with Crippen molar-refractivity contribution < 1.29 is 18.6 Å². The average Bonchev–Trinajstić information content (AvgIpc) is 2.30. The molecule has 1 atom stereocenters. The van der Waals surface area contributed by atoms with Crippen LogP contribution in [-0.4, -0.2) is 24.4 Å². The van der Waals surface area contributed by atoms with E-state index < -0.39 is 17.7 Å². The number of benzene rings is 1. The summed E-state index contributed by atoms with van der Waals surface area (Å²) >= 11 is 0. The minimum absolute atomic E-state index is 0.337. The minimum Gasteiger partial charge on any atom is -0.393 e. The van der Waals surface area contributed by atoms with Gasteiger partial charge in [0.1, 0.15) is 0 Å². The van der Waals surface area contributed by atoms with E-state index in [9.17, 15) is 13.9 Å². The SMILES string of the molecule is CCOCCCC(O)Cc1ccc(F)c(F)c1. The molecule has 0 aliphatic carbocycles. The van der Waals surface area contributed by atoms with E-state index in [0.717, 1.165) is 18.6 Å². The smallest absolute Gasteiger partial charge is 0.159 e. The molecule has 17 heavy (non-hydrogen) atoms. The summed E-state index contributed by atoms with van der Waals surface area (Å²) in [6.07, 6.45) is 1.15. The zero-order valence-corrected chi connectivity index (χ0v) is 9.96. The molecule has 0 saturated carbocycles. The van der Waals surface area contributed by atoms with E-state index in [2.05, 4.69) is 0 Å². The largest absolute Gasteiger partial charge is 0.393 e. The average molecular weight is 244 g/mol. The predicted molar refractivity (Wildman–Crippen MR) is 61.8 cm³/mol. The third-order valence-corrected chi connectivity index (χ3v) is 2.49. The minimum atomic E-state index is -0.871. The highest BCUT2D eigenvalue weighted by molar-refractivity contribution is 5.18. The van der Waals surface area contributed by atoms with Crippen LogP contribution in [0.2, 0.25) is 0 Å². The van der Waals surface area contributed by atoms with Gasteiger partial charge >= 0.3 is 0 Å². The van der Waals surface area contributed by atoms with Crippen LogP contribution in [-0.2, 0) is 11.2 Å². The van der Waals surface area contributed by atoms with Crippen molar-refractivity contribution in [1.82, 2.24) is 0 Å². The zero-order chi connectivity index (χ0) is 12.7. The van der Waals surface area contributed by atoms with Crippen LogP contribution in [0.3, 0.4) is 0 Å². The Morgan fingerprint density at radius 3 is 2.71 bits per heavy atom. The van der Waals surface area contributed by atoms with Crippen LogP contribution >= 0.6 is 0 Å². The Balaban J connectivity index is 2.34. The second-order valence-corrected chi connectivity index (χ2v) is 3.95. The molecule has 0 aromatic heterocycles. The van der Waals surface area contributed by atoms with Gasteiger partial charge in [0.05, 0.1) is 6.10 Å². The standard InChI is InChI=1S/C13H18F2O2/c1-2-17-7-3-4-11(16)8-10-5-6-12(14)13(15)9-10/h5-6,9,11,16H,2-4,7-8H2,1H3. The first kappa shape index (κ1) is 14.1. The normalized spacial score (nSPS) is 12.7. The molecule has 1 N–H and O–H groups in total. The third kappa shape index (κ3) is 5.24. The molecule has 0 radical (unpaired) electrons. The summed E-state index contributed by atoms with van der Waals surface area (Å²) in [5.41, 5.74) is 0.604. The van der Waals surface area contributed by atoms with Gasteiger partial charge in [-0.05, 0) is 43.9 Å². The summed E-state index contributed by atoms with van der Waals surface area (Å²) < 4.78 is 30.7. The summed E-state index contributed by atoms with van der Waals surface area (Å²) in [5.74, 6) is -1.73. The molecule has 1 aromatic rings. The molecule has 0 saturated heterocycles. The lowest BCUT2D eigenvalue weighted by atomic mass is 10.0. The van der Waals surface area contributed by atoms with E-state index in [1.165, 1.54) is 6.07 Å². The van der Waals surface area contributed by atoms with Crippen LogP contribution in [0.25, 0.3) is 0 Å². The van der Waals surface area contributed by atoms with Crippen molar-refractivity contribution in [2.45, 2.75) is 32.3 Å². The molecular formula is C13H18F2O2. The molecular weight excluding hydrogens is 226 g/mol. The summed E-state index contributed by atoms with van der Waals surface area (Å²) in [6.45, 7) is 3.20. The number of rotatable bonds is 7. The molecule has 0 heterocycles. The number of hydrogen-bond acceptors (Lipinski definition) is 2. The van der Waals surface area contributed by atoms with E-state index in [1.54, 1.807) is 0 Å². The maximum Gasteiger partial charge on any atom is 0.159 e. The van der Waals surface area contributed by atoms with E-state index in [0.29, 0.717) is 31.6 Å². The van der Waals surface area contributed by atoms with Crippen LogP contribution < -0.4 is 0 Å². The molecule has 0 fully saturated rings. The highest BCUT2D eigenvalue weighted by Crippen LogP contribution is 2.12. The summed E-state index contributed by atoms with van der Waals surface area (Å²) in [6, 6.07) is 3.70. The first-order chi connectivity index (χ1) is 8.13. The number of hydrogen-bond donors (Lipinski definition) is 1. The molecule has 1 unspecified atom stereocenters. The Bertz CT molecular complexity index is 342. The maximum atomic E-state index is 12.9. The fraction of sp³-hybridized carbons (Fsp3) is 0.538. The fourth-order valence-corrected chi connectivity index (χ4v) is 1.61. The van der Waals surface area contributed by atoms with Gasteiger partial charge in [0, 0.05) is 13.2 Å². The van der Waals surface area contributed by atoms with Gasteiger partial charge in [-0.15, -0.1) is 0 Å². The topological polar surface area (TPSA) is 29.5 Å². The maximum absolute atomic E-state index is 12.9. The zero-order valence-electron chi connectivity index (χ0n) is 9.96. The molecule has 2 nitrogen and oxygen atoms in total. The molecule has 0 spiro atoms. The second-order valence-electron chi connectivity index (χ2n) is 3.95. The lowest BCUT2D eigenvalue weighted by Gasteiger charge is -2.10. The summed E-state index contributed by atoms with van der Waals surface area (Å²) in [4.78, 5) is 0. The lowest BCUT2D eigenvalue weighted by molar-refractivity contribution is 0.114. The van der Waals surface area contributed by atoms with Gasteiger partial charge < -0.3 is 9.84 Å². The first-order valence-electron chi connectivity index (χ1n) is 5.83.